The molecule has 1 rings (SSSR count). The standard InChI is InChI=1S/C13H22N2O/c1-3-12(11-16)10-15(2)9-7-13-6-4-5-8-14-13/h4-6,8,12,16H,3,7,9-11H2,1-2H3. The van der Waals surface area contributed by atoms with Gasteiger partial charge in [0.1, 0.15) is 0 Å². The van der Waals surface area contributed by atoms with Crippen LogP contribution < -0.4 is 0 Å². The molecular formula is C13H22N2O. The Kier molecular flexibility index (Phi) is 6.04. The van der Waals surface area contributed by atoms with Crippen LogP contribution in [0.5, 0.6) is 0 Å². The van der Waals surface area contributed by atoms with Crippen molar-refractivity contribution >= 4 is 0 Å². The second-order valence-corrected chi connectivity index (χ2v) is 4.29. The Morgan fingerprint density at radius 2 is 2.25 bits per heavy atom. The van der Waals surface area contributed by atoms with E-state index in [9.17, 15) is 0 Å². The average Bonchev–Trinajstić information content (AvgIpc) is 2.34. The van der Waals surface area contributed by atoms with Crippen molar-refractivity contribution in [2.24, 2.45) is 5.92 Å². The van der Waals surface area contributed by atoms with E-state index < -0.39 is 0 Å². The number of aromatic nitrogens is 1. The lowest BCUT2D eigenvalue weighted by atomic mass is 10.1. The van der Waals surface area contributed by atoms with Crippen LogP contribution in [0.25, 0.3) is 0 Å². The van der Waals surface area contributed by atoms with Crippen LogP contribution in [0, 0.1) is 5.92 Å². The zero-order valence-corrected chi connectivity index (χ0v) is 10.3. The molecule has 3 heteroatoms. The summed E-state index contributed by atoms with van der Waals surface area (Å²) in [4.78, 5) is 6.56. The van der Waals surface area contributed by atoms with Gasteiger partial charge in [-0.15, -0.1) is 0 Å². The van der Waals surface area contributed by atoms with Crippen LogP contribution in [0.4, 0.5) is 0 Å². The number of aliphatic hydroxyl groups is 1. The third kappa shape index (κ3) is 4.73. The van der Waals surface area contributed by atoms with Crippen LogP contribution >= 0.6 is 0 Å². The van der Waals surface area contributed by atoms with E-state index in [1.54, 1.807) is 0 Å². The van der Waals surface area contributed by atoms with E-state index in [1.807, 2.05) is 18.3 Å². The molecule has 1 aromatic rings. The van der Waals surface area contributed by atoms with Crippen molar-refractivity contribution < 1.29 is 5.11 Å². The second-order valence-electron chi connectivity index (χ2n) is 4.29. The maximum absolute atomic E-state index is 9.12. The second kappa shape index (κ2) is 7.36. The largest absolute Gasteiger partial charge is 0.396 e. The summed E-state index contributed by atoms with van der Waals surface area (Å²) in [6.07, 6.45) is 3.83. The molecule has 0 aliphatic carbocycles. The Morgan fingerprint density at radius 1 is 1.44 bits per heavy atom. The third-order valence-corrected chi connectivity index (χ3v) is 2.88. The topological polar surface area (TPSA) is 36.4 Å². The van der Waals surface area contributed by atoms with Gasteiger partial charge in [-0.25, -0.2) is 0 Å². The maximum Gasteiger partial charge on any atom is 0.0471 e. The van der Waals surface area contributed by atoms with Crippen molar-refractivity contribution in [2.75, 3.05) is 26.7 Å². The molecule has 0 aromatic carbocycles. The summed E-state index contributed by atoms with van der Waals surface area (Å²) >= 11 is 0. The molecule has 16 heavy (non-hydrogen) atoms. The van der Waals surface area contributed by atoms with Crippen molar-refractivity contribution in [1.82, 2.24) is 9.88 Å². The lowest BCUT2D eigenvalue weighted by molar-refractivity contribution is 0.177. The molecular weight excluding hydrogens is 200 g/mol. The predicted octanol–water partition coefficient (Wildman–Crippen LogP) is 1.57. The van der Waals surface area contributed by atoms with Gasteiger partial charge in [0.25, 0.3) is 0 Å². The highest BCUT2D eigenvalue weighted by atomic mass is 16.3. The summed E-state index contributed by atoms with van der Waals surface area (Å²) in [5.74, 6) is 0.397. The molecule has 1 N–H and O–H groups in total. The van der Waals surface area contributed by atoms with E-state index in [-0.39, 0.29) is 6.61 Å². The Morgan fingerprint density at radius 3 is 2.81 bits per heavy atom. The van der Waals surface area contributed by atoms with Gasteiger partial charge in [-0.1, -0.05) is 13.0 Å². The van der Waals surface area contributed by atoms with Crippen LogP contribution in [0.1, 0.15) is 19.0 Å². The zero-order chi connectivity index (χ0) is 11.8. The number of hydrogen-bond donors (Lipinski definition) is 1. The van der Waals surface area contributed by atoms with Crippen molar-refractivity contribution in [1.29, 1.82) is 0 Å². The highest BCUT2D eigenvalue weighted by Crippen LogP contribution is 2.04. The van der Waals surface area contributed by atoms with Crippen LogP contribution in [0.15, 0.2) is 24.4 Å². The highest BCUT2D eigenvalue weighted by molar-refractivity contribution is 5.03. The smallest absolute Gasteiger partial charge is 0.0471 e. The zero-order valence-electron chi connectivity index (χ0n) is 10.3. The summed E-state index contributed by atoms with van der Waals surface area (Å²) in [5.41, 5.74) is 1.13. The molecule has 0 fully saturated rings. The molecule has 0 saturated carbocycles. The number of likely N-dealkylation sites (N-methyl/N-ethyl adjacent to an activating group) is 1. The molecule has 0 aliphatic heterocycles. The van der Waals surface area contributed by atoms with Crippen molar-refractivity contribution in [2.45, 2.75) is 19.8 Å². The molecule has 0 saturated heterocycles. The molecule has 3 nitrogen and oxygen atoms in total. The lowest BCUT2D eigenvalue weighted by Crippen LogP contribution is -2.29. The number of pyridine rings is 1. The summed E-state index contributed by atoms with van der Waals surface area (Å²) in [6, 6.07) is 6.01. The van der Waals surface area contributed by atoms with E-state index >= 15 is 0 Å². The van der Waals surface area contributed by atoms with Gasteiger partial charge in [0.05, 0.1) is 0 Å². The van der Waals surface area contributed by atoms with Crippen LogP contribution in [-0.4, -0.2) is 41.7 Å². The third-order valence-electron chi connectivity index (χ3n) is 2.88. The molecule has 1 unspecified atom stereocenters. The maximum atomic E-state index is 9.12. The van der Waals surface area contributed by atoms with Gasteiger partial charge in [0.2, 0.25) is 0 Å². The first kappa shape index (κ1) is 13.1. The van der Waals surface area contributed by atoms with Gasteiger partial charge in [-0.05, 0) is 31.5 Å². The number of nitrogens with zero attached hydrogens (tertiary/aromatic N) is 2. The normalized spacial score (nSPS) is 13.0. The van der Waals surface area contributed by atoms with E-state index in [0.717, 1.165) is 31.6 Å². The highest BCUT2D eigenvalue weighted by Gasteiger charge is 2.08. The van der Waals surface area contributed by atoms with E-state index in [1.165, 1.54) is 0 Å². The Labute approximate surface area is 98.1 Å². The molecule has 1 aromatic heterocycles. The van der Waals surface area contributed by atoms with Gasteiger partial charge < -0.3 is 10.0 Å². The van der Waals surface area contributed by atoms with Crippen molar-refractivity contribution in [3.63, 3.8) is 0 Å². The minimum Gasteiger partial charge on any atom is -0.396 e. The molecule has 0 amide bonds. The van der Waals surface area contributed by atoms with Gasteiger partial charge in [0, 0.05) is 38.0 Å². The average molecular weight is 222 g/mol. The van der Waals surface area contributed by atoms with Gasteiger partial charge in [0.15, 0.2) is 0 Å². The molecule has 0 spiro atoms. The first-order valence-electron chi connectivity index (χ1n) is 5.95. The number of rotatable bonds is 7. The summed E-state index contributed by atoms with van der Waals surface area (Å²) < 4.78 is 0. The minimum atomic E-state index is 0.282. The first-order valence-corrected chi connectivity index (χ1v) is 5.95. The van der Waals surface area contributed by atoms with Gasteiger partial charge >= 0.3 is 0 Å². The SMILES string of the molecule is CCC(CO)CN(C)CCc1ccccn1. The summed E-state index contributed by atoms with van der Waals surface area (Å²) in [5, 5.41) is 9.12. The van der Waals surface area contributed by atoms with Crippen molar-refractivity contribution in [3.8, 4) is 0 Å². The van der Waals surface area contributed by atoms with Crippen LogP contribution in [-0.2, 0) is 6.42 Å². The van der Waals surface area contributed by atoms with E-state index in [4.69, 9.17) is 5.11 Å². The molecule has 90 valence electrons. The fourth-order valence-electron chi connectivity index (χ4n) is 1.70. The van der Waals surface area contributed by atoms with Crippen LogP contribution in [0.3, 0.4) is 0 Å². The fourth-order valence-corrected chi connectivity index (χ4v) is 1.70. The fraction of sp³-hybridized carbons (Fsp3) is 0.615. The number of hydrogen-bond acceptors (Lipinski definition) is 3. The quantitative estimate of drug-likeness (QED) is 0.761. The predicted molar refractivity (Wildman–Crippen MR) is 66.3 cm³/mol. The van der Waals surface area contributed by atoms with Gasteiger partial charge in [-0.3, -0.25) is 4.98 Å². The summed E-state index contributed by atoms with van der Waals surface area (Å²) in [6.45, 7) is 4.35. The Bertz CT molecular complexity index is 273. The Balaban J connectivity index is 2.27. The minimum absolute atomic E-state index is 0.282. The Hall–Kier alpha value is -0.930. The van der Waals surface area contributed by atoms with E-state index in [2.05, 4.69) is 29.9 Å². The molecule has 0 bridgehead atoms. The number of aliphatic hydroxyl groups excluding tert-OH is 1. The molecule has 0 aliphatic rings. The van der Waals surface area contributed by atoms with E-state index in [0.29, 0.717) is 5.92 Å². The van der Waals surface area contributed by atoms with Crippen molar-refractivity contribution in [3.05, 3.63) is 30.1 Å². The monoisotopic (exact) mass is 222 g/mol. The summed E-state index contributed by atoms with van der Waals surface area (Å²) in [7, 11) is 2.10. The first-order chi connectivity index (χ1) is 7.76. The lowest BCUT2D eigenvalue weighted by Gasteiger charge is -2.21. The van der Waals surface area contributed by atoms with Gasteiger partial charge in [-0.2, -0.15) is 0 Å². The molecule has 0 radical (unpaired) electrons. The van der Waals surface area contributed by atoms with Crippen LogP contribution in [0.2, 0.25) is 0 Å². The molecule has 1 atom stereocenters. The molecule has 1 heterocycles.